The van der Waals surface area contributed by atoms with Gasteiger partial charge in [0, 0.05) is 13.1 Å². The molecule has 0 aliphatic carbocycles. The fraction of sp³-hybridized carbons (Fsp3) is 0.417. The number of benzene rings is 1. The van der Waals surface area contributed by atoms with Crippen LogP contribution in [0.4, 0.5) is 16.2 Å². The van der Waals surface area contributed by atoms with Crippen molar-refractivity contribution in [2.24, 2.45) is 0 Å². The van der Waals surface area contributed by atoms with Crippen molar-refractivity contribution in [2.45, 2.75) is 6.10 Å². The molecule has 1 fully saturated rings. The number of nitrogens with one attached hydrogen (secondary N) is 1. The molecule has 1 aromatic carbocycles. The van der Waals surface area contributed by atoms with Crippen LogP contribution < -0.4 is 5.32 Å². The normalized spacial score (nSPS) is 18.3. The Morgan fingerprint density at radius 2 is 2.38 bits per heavy atom. The third-order valence-electron chi connectivity index (χ3n) is 3.10. The second-order valence-electron chi connectivity index (χ2n) is 4.50. The number of hydrogen-bond acceptors (Lipinski definition) is 5. The van der Waals surface area contributed by atoms with Crippen LogP contribution in [0, 0.1) is 10.1 Å². The van der Waals surface area contributed by atoms with E-state index in [9.17, 15) is 14.9 Å². The van der Waals surface area contributed by atoms with Crippen molar-refractivity contribution in [3.8, 4) is 0 Å². The van der Waals surface area contributed by atoms with Gasteiger partial charge < -0.3 is 20.1 Å². The zero-order valence-corrected chi connectivity index (χ0v) is 11.7. The molecular formula is C12H14ClN3O5. The first-order chi connectivity index (χ1) is 9.99. The van der Waals surface area contributed by atoms with Crippen LogP contribution in [-0.4, -0.2) is 53.4 Å². The molecule has 0 radical (unpaired) electrons. The molecule has 21 heavy (non-hydrogen) atoms. The van der Waals surface area contributed by atoms with E-state index in [-0.39, 0.29) is 35.6 Å². The molecule has 9 heteroatoms. The number of halogens is 1. The van der Waals surface area contributed by atoms with Crippen LogP contribution in [0.5, 0.6) is 0 Å². The Morgan fingerprint density at radius 1 is 1.62 bits per heavy atom. The zero-order valence-electron chi connectivity index (χ0n) is 11.0. The van der Waals surface area contributed by atoms with Crippen LogP contribution in [0.15, 0.2) is 18.2 Å². The summed E-state index contributed by atoms with van der Waals surface area (Å²) in [5.41, 5.74) is 0.0774. The number of ether oxygens (including phenoxy) is 1. The average Bonchev–Trinajstić information content (AvgIpc) is 2.45. The Balaban J connectivity index is 2.02. The molecule has 0 bridgehead atoms. The lowest BCUT2D eigenvalue weighted by atomic mass is 10.2. The zero-order chi connectivity index (χ0) is 15.4. The molecule has 1 atom stereocenters. The number of carboxylic acid groups (broad SMARTS) is 1. The number of nitro groups is 1. The molecule has 1 heterocycles. The summed E-state index contributed by atoms with van der Waals surface area (Å²) in [7, 11) is 0. The number of para-hydroxylation sites is 1. The number of nitrogens with zero attached hydrogens (tertiary/aromatic N) is 2. The SMILES string of the molecule is O=C(O)N1CCO[C@H](CNc2cccc(Cl)c2[N+](=O)[O-])C1. The minimum atomic E-state index is -1.00. The Labute approximate surface area is 125 Å². The molecule has 8 nitrogen and oxygen atoms in total. The van der Waals surface area contributed by atoms with Crippen LogP contribution >= 0.6 is 11.6 Å². The van der Waals surface area contributed by atoms with Gasteiger partial charge in [-0.25, -0.2) is 4.79 Å². The molecule has 114 valence electrons. The molecule has 1 aliphatic rings. The van der Waals surface area contributed by atoms with E-state index in [1.807, 2.05) is 0 Å². The van der Waals surface area contributed by atoms with Gasteiger partial charge in [0.2, 0.25) is 0 Å². The van der Waals surface area contributed by atoms with E-state index < -0.39 is 11.0 Å². The average molecular weight is 316 g/mol. The van der Waals surface area contributed by atoms with E-state index in [1.54, 1.807) is 12.1 Å². The van der Waals surface area contributed by atoms with Crippen molar-refractivity contribution in [2.75, 3.05) is 31.6 Å². The summed E-state index contributed by atoms with van der Waals surface area (Å²) in [5, 5.41) is 22.9. The second-order valence-corrected chi connectivity index (χ2v) is 4.90. The summed E-state index contributed by atoms with van der Waals surface area (Å²) in [5.74, 6) is 0. The number of amides is 1. The number of morpholine rings is 1. The number of nitro benzene ring substituents is 1. The first-order valence-electron chi connectivity index (χ1n) is 6.25. The second kappa shape index (κ2) is 6.59. The number of hydrogen-bond donors (Lipinski definition) is 2. The van der Waals surface area contributed by atoms with Crippen LogP contribution in [0.3, 0.4) is 0 Å². The highest BCUT2D eigenvalue weighted by atomic mass is 35.5. The standard InChI is InChI=1S/C12H14ClN3O5/c13-9-2-1-3-10(11(9)16(19)20)14-6-8-7-15(12(17)18)4-5-21-8/h1-3,8,14H,4-7H2,(H,17,18)/t8-/m1/s1. The third-order valence-corrected chi connectivity index (χ3v) is 3.40. The van der Waals surface area contributed by atoms with Gasteiger partial charge in [-0.05, 0) is 12.1 Å². The summed E-state index contributed by atoms with van der Waals surface area (Å²) in [6.07, 6.45) is -1.37. The molecule has 2 N–H and O–H groups in total. The maximum atomic E-state index is 11.0. The molecule has 0 spiro atoms. The van der Waals surface area contributed by atoms with Gasteiger partial charge in [-0.15, -0.1) is 0 Å². The van der Waals surface area contributed by atoms with Gasteiger partial charge in [0.25, 0.3) is 0 Å². The monoisotopic (exact) mass is 315 g/mol. The predicted molar refractivity (Wildman–Crippen MR) is 75.9 cm³/mol. The van der Waals surface area contributed by atoms with E-state index >= 15 is 0 Å². The largest absolute Gasteiger partial charge is 0.465 e. The van der Waals surface area contributed by atoms with E-state index in [1.165, 1.54) is 11.0 Å². The highest BCUT2D eigenvalue weighted by Gasteiger charge is 2.25. The number of anilines is 1. The van der Waals surface area contributed by atoms with E-state index in [4.69, 9.17) is 21.4 Å². The van der Waals surface area contributed by atoms with Crippen LogP contribution in [0.25, 0.3) is 0 Å². The van der Waals surface area contributed by atoms with Gasteiger partial charge in [-0.1, -0.05) is 17.7 Å². The van der Waals surface area contributed by atoms with E-state index in [0.717, 1.165) is 0 Å². The first-order valence-corrected chi connectivity index (χ1v) is 6.63. The molecule has 0 saturated carbocycles. The Morgan fingerprint density at radius 3 is 3.05 bits per heavy atom. The Bertz CT molecular complexity index is 554. The molecular weight excluding hydrogens is 302 g/mol. The lowest BCUT2D eigenvalue weighted by Gasteiger charge is -2.31. The van der Waals surface area contributed by atoms with Crippen LogP contribution in [0.2, 0.25) is 5.02 Å². The maximum Gasteiger partial charge on any atom is 0.407 e. The highest BCUT2D eigenvalue weighted by Crippen LogP contribution is 2.32. The molecule has 1 saturated heterocycles. The molecule has 1 aliphatic heterocycles. The highest BCUT2D eigenvalue weighted by molar-refractivity contribution is 6.33. The Hall–Kier alpha value is -2.06. The van der Waals surface area contributed by atoms with Crippen molar-refractivity contribution in [1.29, 1.82) is 0 Å². The van der Waals surface area contributed by atoms with Gasteiger partial charge in [0.15, 0.2) is 0 Å². The van der Waals surface area contributed by atoms with Crippen molar-refractivity contribution in [3.05, 3.63) is 33.3 Å². The van der Waals surface area contributed by atoms with Gasteiger partial charge in [-0.2, -0.15) is 0 Å². The van der Waals surface area contributed by atoms with Crippen molar-refractivity contribution >= 4 is 29.1 Å². The van der Waals surface area contributed by atoms with Crippen molar-refractivity contribution in [1.82, 2.24) is 4.90 Å². The van der Waals surface area contributed by atoms with E-state index in [2.05, 4.69) is 5.32 Å². The summed E-state index contributed by atoms with van der Waals surface area (Å²) in [6.45, 7) is 1.10. The molecule has 1 aromatic rings. The Kier molecular flexibility index (Phi) is 4.81. The van der Waals surface area contributed by atoms with E-state index in [0.29, 0.717) is 13.2 Å². The number of rotatable bonds is 4. The number of carbonyl (C=O) groups is 1. The van der Waals surface area contributed by atoms with Gasteiger partial charge in [0.05, 0.1) is 24.2 Å². The topological polar surface area (TPSA) is 105 Å². The summed E-state index contributed by atoms with van der Waals surface area (Å²) < 4.78 is 5.44. The van der Waals surface area contributed by atoms with Gasteiger partial charge >= 0.3 is 11.8 Å². The first kappa shape index (κ1) is 15.3. The minimum Gasteiger partial charge on any atom is -0.465 e. The molecule has 0 unspecified atom stereocenters. The fourth-order valence-corrected chi connectivity index (χ4v) is 2.33. The molecule has 2 rings (SSSR count). The minimum absolute atomic E-state index is 0.0433. The fourth-order valence-electron chi connectivity index (χ4n) is 2.08. The van der Waals surface area contributed by atoms with Crippen molar-refractivity contribution in [3.63, 3.8) is 0 Å². The molecule has 0 aromatic heterocycles. The van der Waals surface area contributed by atoms with Gasteiger partial charge in [-0.3, -0.25) is 10.1 Å². The van der Waals surface area contributed by atoms with Crippen molar-refractivity contribution < 1.29 is 19.6 Å². The van der Waals surface area contributed by atoms with Crippen LogP contribution in [0.1, 0.15) is 0 Å². The lowest BCUT2D eigenvalue weighted by Crippen LogP contribution is -2.47. The quantitative estimate of drug-likeness (QED) is 0.650. The maximum absolute atomic E-state index is 11.0. The summed E-state index contributed by atoms with van der Waals surface area (Å²) in [4.78, 5) is 22.6. The van der Waals surface area contributed by atoms with Gasteiger partial charge in [0.1, 0.15) is 10.7 Å². The summed E-state index contributed by atoms with van der Waals surface area (Å²) in [6, 6.07) is 4.58. The van der Waals surface area contributed by atoms with Crippen LogP contribution in [-0.2, 0) is 4.74 Å². The summed E-state index contributed by atoms with van der Waals surface area (Å²) >= 11 is 5.81. The lowest BCUT2D eigenvalue weighted by molar-refractivity contribution is -0.383. The smallest absolute Gasteiger partial charge is 0.407 e. The predicted octanol–water partition coefficient (Wildman–Crippen LogP) is 2.04. The third kappa shape index (κ3) is 3.73. The molecule has 1 amide bonds.